The number of methoxy groups -OCH3 is 1. The molecule has 34 heavy (non-hydrogen) atoms. The first-order chi connectivity index (χ1) is 16.5. The van der Waals surface area contributed by atoms with Crippen molar-refractivity contribution in [3.05, 3.63) is 76.9 Å². The lowest BCUT2D eigenvalue weighted by molar-refractivity contribution is -0.120. The minimum atomic E-state index is -0.567. The number of anilines is 1. The van der Waals surface area contributed by atoms with E-state index in [1.54, 1.807) is 16.8 Å². The van der Waals surface area contributed by atoms with Gasteiger partial charge in [0.2, 0.25) is 5.91 Å². The van der Waals surface area contributed by atoms with Crippen molar-refractivity contribution < 1.29 is 23.5 Å². The molecule has 176 valence electrons. The lowest BCUT2D eigenvalue weighted by atomic mass is 10.1. The summed E-state index contributed by atoms with van der Waals surface area (Å²) < 4.78 is 25.2. The highest BCUT2D eigenvalue weighted by molar-refractivity contribution is 5.95. The van der Waals surface area contributed by atoms with Crippen molar-refractivity contribution in [3.8, 4) is 0 Å². The van der Waals surface area contributed by atoms with Crippen molar-refractivity contribution in [2.24, 2.45) is 0 Å². The Labute approximate surface area is 195 Å². The minimum absolute atomic E-state index is 0.112. The molecular formula is C24H24FN5O4. The first-order valence-corrected chi connectivity index (χ1v) is 11.0. The average Bonchev–Trinajstić information content (AvgIpc) is 3.59. The van der Waals surface area contributed by atoms with Crippen LogP contribution < -0.4 is 5.32 Å². The van der Waals surface area contributed by atoms with Crippen LogP contribution in [-0.2, 0) is 34.0 Å². The Balaban J connectivity index is 1.36. The third-order valence-corrected chi connectivity index (χ3v) is 6.25. The van der Waals surface area contributed by atoms with Gasteiger partial charge in [-0.3, -0.25) is 9.69 Å². The van der Waals surface area contributed by atoms with Crippen LogP contribution in [0.4, 0.5) is 10.1 Å². The van der Waals surface area contributed by atoms with Crippen LogP contribution in [0.1, 0.15) is 39.6 Å². The summed E-state index contributed by atoms with van der Waals surface area (Å²) in [6.45, 7) is 2.10. The zero-order chi connectivity index (χ0) is 23.7. The van der Waals surface area contributed by atoms with Crippen LogP contribution in [0, 0.1) is 5.82 Å². The predicted molar refractivity (Wildman–Crippen MR) is 119 cm³/mol. The minimum Gasteiger partial charge on any atom is -0.464 e. The predicted octanol–water partition coefficient (Wildman–Crippen LogP) is 2.69. The topological polar surface area (TPSA) is 98.6 Å². The highest BCUT2D eigenvalue weighted by atomic mass is 19.1. The van der Waals surface area contributed by atoms with Crippen LogP contribution in [0.5, 0.6) is 0 Å². The largest absolute Gasteiger partial charge is 0.464 e. The molecule has 1 fully saturated rings. The summed E-state index contributed by atoms with van der Waals surface area (Å²) >= 11 is 0. The summed E-state index contributed by atoms with van der Waals surface area (Å²) in [7, 11) is 1.28. The molecule has 10 heteroatoms. The standard InChI is InChI=1S/C24H24FN5O4/c1-33-24(32)21-12-30(28-27-21)20-9-22(29(11-20)10-15-2-5-18(25)6-3-15)23(31)26-19-7-4-16-13-34-14-17(16)8-19/h2-8,12,20,22H,9-11,13-14H2,1H3,(H,26,31)/t20-,22+/m1/s1. The lowest BCUT2D eigenvalue weighted by Crippen LogP contribution is -2.39. The summed E-state index contributed by atoms with van der Waals surface area (Å²) in [6, 6.07) is 11.4. The van der Waals surface area contributed by atoms with E-state index in [0.29, 0.717) is 38.4 Å². The van der Waals surface area contributed by atoms with E-state index in [9.17, 15) is 14.0 Å². The van der Waals surface area contributed by atoms with E-state index >= 15 is 0 Å². The zero-order valence-corrected chi connectivity index (χ0v) is 18.6. The summed E-state index contributed by atoms with van der Waals surface area (Å²) in [6.07, 6.45) is 2.01. The Kier molecular flexibility index (Phi) is 6.08. The Morgan fingerprint density at radius 2 is 1.97 bits per heavy atom. The monoisotopic (exact) mass is 465 g/mol. The fourth-order valence-corrected chi connectivity index (χ4v) is 4.47. The van der Waals surface area contributed by atoms with E-state index in [0.717, 1.165) is 16.7 Å². The van der Waals surface area contributed by atoms with Crippen molar-refractivity contribution in [1.29, 1.82) is 0 Å². The molecule has 5 rings (SSSR count). The number of aromatic nitrogens is 3. The number of hydrogen-bond donors (Lipinski definition) is 1. The number of halogens is 1. The highest BCUT2D eigenvalue weighted by Gasteiger charge is 2.38. The number of carbonyl (C=O) groups excluding carboxylic acids is 2. The Bertz CT molecular complexity index is 1210. The van der Waals surface area contributed by atoms with Gasteiger partial charge in [0.05, 0.1) is 38.6 Å². The lowest BCUT2D eigenvalue weighted by Gasteiger charge is -2.23. The number of amides is 1. The normalized spacial score (nSPS) is 19.7. The van der Waals surface area contributed by atoms with Gasteiger partial charge in [-0.2, -0.15) is 0 Å². The van der Waals surface area contributed by atoms with E-state index in [-0.39, 0.29) is 23.5 Å². The molecule has 9 nitrogen and oxygen atoms in total. The molecule has 1 N–H and O–H groups in total. The molecule has 0 saturated carbocycles. The number of fused-ring (bicyclic) bond motifs is 1. The van der Waals surface area contributed by atoms with Crippen molar-refractivity contribution >= 4 is 17.6 Å². The van der Waals surface area contributed by atoms with Crippen LogP contribution in [0.2, 0.25) is 0 Å². The summed E-state index contributed by atoms with van der Waals surface area (Å²) in [5.74, 6) is -1.02. The van der Waals surface area contributed by atoms with Gasteiger partial charge in [-0.25, -0.2) is 13.9 Å². The Morgan fingerprint density at radius 3 is 2.76 bits per heavy atom. The number of nitrogens with one attached hydrogen (secondary N) is 1. The molecule has 2 aliphatic heterocycles. The fourth-order valence-electron chi connectivity index (χ4n) is 4.47. The first-order valence-electron chi connectivity index (χ1n) is 11.0. The van der Waals surface area contributed by atoms with Gasteiger partial charge in [0, 0.05) is 18.8 Å². The first kappa shape index (κ1) is 22.2. The van der Waals surface area contributed by atoms with Gasteiger partial charge < -0.3 is 14.8 Å². The third kappa shape index (κ3) is 4.55. The van der Waals surface area contributed by atoms with Crippen molar-refractivity contribution in [2.75, 3.05) is 19.0 Å². The van der Waals surface area contributed by atoms with Gasteiger partial charge in [0.15, 0.2) is 5.69 Å². The van der Waals surface area contributed by atoms with E-state index in [1.807, 2.05) is 23.1 Å². The van der Waals surface area contributed by atoms with Gasteiger partial charge in [0.25, 0.3) is 0 Å². The molecule has 2 atom stereocenters. The highest BCUT2D eigenvalue weighted by Crippen LogP contribution is 2.30. The Hall–Kier alpha value is -3.63. The fraction of sp³-hybridized carbons (Fsp3) is 0.333. The molecular weight excluding hydrogens is 441 g/mol. The molecule has 0 bridgehead atoms. The summed E-state index contributed by atoms with van der Waals surface area (Å²) in [4.78, 5) is 27.2. The van der Waals surface area contributed by atoms with Crippen molar-refractivity contribution in [1.82, 2.24) is 19.9 Å². The van der Waals surface area contributed by atoms with Crippen molar-refractivity contribution in [2.45, 2.75) is 38.3 Å². The van der Waals surface area contributed by atoms with E-state index in [1.165, 1.54) is 25.4 Å². The van der Waals surface area contributed by atoms with Gasteiger partial charge in [0.1, 0.15) is 5.82 Å². The number of esters is 1. The number of rotatable bonds is 6. The SMILES string of the molecule is COC(=O)c1cn([C@@H]2C[C@@H](C(=O)Nc3ccc4c(c3)COC4)N(Cc3ccc(F)cc3)C2)nn1. The van der Waals surface area contributed by atoms with Gasteiger partial charge in [-0.05, 0) is 47.4 Å². The van der Waals surface area contributed by atoms with Crippen LogP contribution >= 0.6 is 0 Å². The molecule has 3 heterocycles. The number of nitrogens with zero attached hydrogens (tertiary/aromatic N) is 4. The Morgan fingerprint density at radius 1 is 1.18 bits per heavy atom. The number of likely N-dealkylation sites (tertiary alicyclic amines) is 1. The number of hydrogen-bond acceptors (Lipinski definition) is 7. The maximum absolute atomic E-state index is 13.4. The van der Waals surface area contributed by atoms with Crippen molar-refractivity contribution in [3.63, 3.8) is 0 Å². The quantitative estimate of drug-likeness (QED) is 0.559. The maximum Gasteiger partial charge on any atom is 0.360 e. The molecule has 1 amide bonds. The molecule has 0 unspecified atom stereocenters. The number of carbonyl (C=O) groups is 2. The van der Waals surface area contributed by atoms with Crippen LogP contribution in [0.25, 0.3) is 0 Å². The van der Waals surface area contributed by atoms with E-state index in [4.69, 9.17) is 9.47 Å². The molecule has 1 saturated heterocycles. The van der Waals surface area contributed by atoms with Crippen LogP contribution in [-0.4, -0.2) is 51.5 Å². The second kappa shape index (κ2) is 9.32. The third-order valence-electron chi connectivity index (χ3n) is 6.25. The van der Waals surface area contributed by atoms with E-state index in [2.05, 4.69) is 15.6 Å². The van der Waals surface area contributed by atoms with Crippen LogP contribution in [0.3, 0.4) is 0 Å². The maximum atomic E-state index is 13.4. The molecule has 0 spiro atoms. The molecule has 2 aromatic carbocycles. The van der Waals surface area contributed by atoms with E-state index < -0.39 is 12.0 Å². The second-order valence-electron chi connectivity index (χ2n) is 8.50. The second-order valence-corrected chi connectivity index (χ2v) is 8.50. The van der Waals surface area contributed by atoms with Gasteiger partial charge in [-0.1, -0.05) is 23.4 Å². The average molecular weight is 465 g/mol. The summed E-state index contributed by atoms with van der Waals surface area (Å²) in [5.41, 5.74) is 3.92. The number of ether oxygens (including phenoxy) is 2. The van der Waals surface area contributed by atoms with Gasteiger partial charge >= 0.3 is 5.97 Å². The zero-order valence-electron chi connectivity index (χ0n) is 18.6. The number of benzene rings is 2. The molecule has 2 aliphatic rings. The molecule has 1 aromatic heterocycles. The smallest absolute Gasteiger partial charge is 0.360 e. The molecule has 3 aromatic rings. The summed E-state index contributed by atoms with van der Waals surface area (Å²) in [5, 5.41) is 11.0. The van der Waals surface area contributed by atoms with Crippen LogP contribution in [0.15, 0.2) is 48.7 Å². The molecule has 0 aliphatic carbocycles. The van der Waals surface area contributed by atoms with Gasteiger partial charge in [-0.15, -0.1) is 5.10 Å². The molecule has 0 radical (unpaired) electrons.